The number of benzene rings is 5. The van der Waals surface area contributed by atoms with Crippen molar-refractivity contribution in [1.82, 2.24) is 9.88 Å². The molecule has 6 unspecified atom stereocenters. The van der Waals surface area contributed by atoms with Gasteiger partial charge in [0.15, 0.2) is 6.17 Å². The molecule has 0 amide bonds. The van der Waals surface area contributed by atoms with Crippen molar-refractivity contribution < 1.29 is 0 Å². The molecular weight excluding hydrogens is 845 g/mol. The predicted octanol–water partition coefficient (Wildman–Crippen LogP) is 15.6. The fourth-order valence-corrected chi connectivity index (χ4v) is 14.0. The average molecular weight is 901 g/mol. The first-order chi connectivity index (χ1) is 33.7. The fourth-order valence-electron chi connectivity index (χ4n) is 12.5. The lowest BCUT2D eigenvalue weighted by molar-refractivity contribution is 0.499. The summed E-state index contributed by atoms with van der Waals surface area (Å²) >= 11 is 2.13. The van der Waals surface area contributed by atoms with Crippen molar-refractivity contribution in [3.05, 3.63) is 233 Å². The first-order valence-corrected chi connectivity index (χ1v) is 26.0. The van der Waals surface area contributed by atoms with Crippen LogP contribution in [0.1, 0.15) is 114 Å². The Bertz CT molecular complexity index is 3240. The van der Waals surface area contributed by atoms with Crippen LogP contribution in [0.2, 0.25) is 0 Å². The molecule has 1 N–H and O–H groups in total. The Morgan fingerprint density at radius 2 is 1.50 bits per heavy atom. The number of fused-ring (bicyclic) bond motifs is 7. The van der Waals surface area contributed by atoms with E-state index in [0.29, 0.717) is 23.1 Å². The highest BCUT2D eigenvalue weighted by Gasteiger charge is 2.44. The number of rotatable bonds is 8. The Labute approximate surface area is 405 Å². The van der Waals surface area contributed by atoms with E-state index in [9.17, 15) is 0 Å². The van der Waals surface area contributed by atoms with Gasteiger partial charge in [0.05, 0.1) is 6.04 Å². The van der Waals surface area contributed by atoms with Crippen LogP contribution in [0.25, 0.3) is 33.2 Å². The number of hydrogen-bond donors (Lipinski definition) is 1. The zero-order valence-electron chi connectivity index (χ0n) is 38.5. The topological polar surface area (TPSA) is 41.7 Å². The summed E-state index contributed by atoms with van der Waals surface area (Å²) < 4.78 is 2.75. The molecule has 2 aliphatic heterocycles. The number of amidine groups is 2. The summed E-state index contributed by atoms with van der Waals surface area (Å²) in [7, 11) is 0. The maximum atomic E-state index is 5.69. The number of nitrogens with zero attached hydrogens (tertiary/aromatic N) is 3. The maximum absolute atomic E-state index is 5.69. The van der Waals surface area contributed by atoms with Crippen molar-refractivity contribution in [1.29, 1.82) is 0 Å². The summed E-state index contributed by atoms with van der Waals surface area (Å²) in [4.78, 5) is 12.5. The van der Waals surface area contributed by atoms with E-state index in [2.05, 4.69) is 210 Å². The minimum absolute atomic E-state index is 0.0581. The quantitative estimate of drug-likeness (QED) is 0.155. The van der Waals surface area contributed by atoms with Crippen molar-refractivity contribution in [3.8, 4) is 11.1 Å². The molecule has 3 heterocycles. The lowest BCUT2D eigenvalue weighted by Crippen LogP contribution is -2.41. The summed E-state index contributed by atoms with van der Waals surface area (Å²) in [6, 6.07) is 45.6. The molecule has 6 aromatic rings. The monoisotopic (exact) mass is 900 g/mol. The molecule has 0 spiro atoms. The molecule has 0 radical (unpaired) electrons. The lowest BCUT2D eigenvalue weighted by atomic mass is 9.72. The van der Waals surface area contributed by atoms with Gasteiger partial charge in [0.1, 0.15) is 11.7 Å². The number of aromatic nitrogens is 1. The van der Waals surface area contributed by atoms with Gasteiger partial charge in [-0.2, -0.15) is 0 Å². The summed E-state index contributed by atoms with van der Waals surface area (Å²) in [5.41, 5.74) is 17.7. The van der Waals surface area contributed by atoms with Crippen LogP contribution in [0.15, 0.2) is 209 Å². The van der Waals surface area contributed by atoms with Gasteiger partial charge in [-0.05, 0) is 131 Å². The van der Waals surface area contributed by atoms with E-state index in [-0.39, 0.29) is 12.1 Å². The number of thioether (sulfide) groups is 1. The minimum atomic E-state index is -0.349. The molecule has 6 atom stereocenters. The molecule has 5 aliphatic carbocycles. The normalized spacial score (nSPS) is 24.8. The Morgan fingerprint density at radius 1 is 0.647 bits per heavy atom. The first-order valence-electron chi connectivity index (χ1n) is 25.1. The molecule has 0 fully saturated rings. The zero-order chi connectivity index (χ0) is 45.0. The lowest BCUT2D eigenvalue weighted by Gasteiger charge is -2.34. The highest BCUT2D eigenvalue weighted by atomic mass is 32.2. The zero-order valence-corrected chi connectivity index (χ0v) is 39.3. The van der Waals surface area contributed by atoms with Crippen LogP contribution in [0, 0.1) is 5.92 Å². The molecule has 68 heavy (non-hydrogen) atoms. The van der Waals surface area contributed by atoms with E-state index in [0.717, 1.165) is 49.3 Å². The molecule has 0 saturated carbocycles. The first kappa shape index (κ1) is 41.5. The molecule has 7 aliphatic rings. The SMILES string of the molecule is C1=CCCC(C2=NC(c3ccccc3)N=C(C3CC(c4c(-c5ccccc5)cccc4C4C=CC=CC4)=CC=C3c3cccc4c3C3c5c(n(C6C=CCCC6)c6ccccc56)CCC3S4)N2)=C1. The van der Waals surface area contributed by atoms with Crippen LogP contribution < -0.4 is 5.32 Å². The Hall–Kier alpha value is -6.69. The van der Waals surface area contributed by atoms with Crippen LogP contribution >= 0.6 is 11.8 Å². The Morgan fingerprint density at radius 3 is 2.34 bits per heavy atom. The summed E-state index contributed by atoms with van der Waals surface area (Å²) in [5.74, 6) is 2.48. The summed E-state index contributed by atoms with van der Waals surface area (Å²) in [6.45, 7) is 0. The standard InChI is InChI=1S/C63H56N4S/c1-6-20-41(21-7-1)47-31-18-32-48(42-22-8-2-9-23-42)57(47)45-36-37-49(52(40-45)63-65-61(43-24-10-3-11-25-43)64-62(66-63)44-26-12-4-13-27-44)50-33-19-35-55-59(50)60-56(68-55)39-38-54-58(60)51-30-16-17-34-53(51)67(54)46-28-14-5-15-29-46/h1-4,6-12,14,16-22,24-26,28,30-37,42,46,52,56,60-61H,5,13,15,23,27,29,38-40H2,(H,64,65,66). The number of para-hydroxylation sites is 1. The van der Waals surface area contributed by atoms with Gasteiger partial charge < -0.3 is 9.88 Å². The van der Waals surface area contributed by atoms with Crippen molar-refractivity contribution in [3.63, 3.8) is 0 Å². The van der Waals surface area contributed by atoms with Crippen LogP contribution in [0.5, 0.6) is 0 Å². The molecule has 4 nitrogen and oxygen atoms in total. The second-order valence-corrected chi connectivity index (χ2v) is 20.8. The predicted molar refractivity (Wildman–Crippen MR) is 285 cm³/mol. The Kier molecular flexibility index (Phi) is 10.8. The van der Waals surface area contributed by atoms with Gasteiger partial charge in [-0.1, -0.05) is 176 Å². The highest BCUT2D eigenvalue weighted by molar-refractivity contribution is 8.00. The molecular formula is C63H56N4S. The van der Waals surface area contributed by atoms with Crippen LogP contribution in [-0.4, -0.2) is 21.5 Å². The van der Waals surface area contributed by atoms with Crippen molar-refractivity contribution in [2.24, 2.45) is 15.9 Å². The third-order valence-corrected chi connectivity index (χ3v) is 17.0. The number of nitrogens with one attached hydrogen (secondary N) is 1. The van der Waals surface area contributed by atoms with Crippen LogP contribution in [0.3, 0.4) is 0 Å². The van der Waals surface area contributed by atoms with Gasteiger partial charge in [-0.3, -0.25) is 0 Å². The van der Waals surface area contributed by atoms with Crippen molar-refractivity contribution in [2.45, 2.75) is 92.0 Å². The third kappa shape index (κ3) is 7.29. The van der Waals surface area contributed by atoms with Crippen LogP contribution in [-0.2, 0) is 6.42 Å². The second kappa shape index (κ2) is 17.8. The largest absolute Gasteiger partial charge is 0.337 e. The maximum Gasteiger partial charge on any atom is 0.169 e. The Balaban J connectivity index is 1.01. The van der Waals surface area contributed by atoms with Gasteiger partial charge in [0.25, 0.3) is 0 Å². The van der Waals surface area contributed by atoms with Gasteiger partial charge in [-0.15, -0.1) is 11.8 Å². The van der Waals surface area contributed by atoms with Crippen LogP contribution in [0.4, 0.5) is 0 Å². The van der Waals surface area contributed by atoms with Crippen molar-refractivity contribution in [2.75, 3.05) is 0 Å². The number of hydrogen-bond acceptors (Lipinski definition) is 4. The molecule has 1 aromatic heterocycles. The molecule has 5 aromatic carbocycles. The van der Waals surface area contributed by atoms with Gasteiger partial charge in [-0.25, -0.2) is 9.98 Å². The smallest absolute Gasteiger partial charge is 0.169 e. The van der Waals surface area contributed by atoms with Crippen molar-refractivity contribution >= 4 is 45.5 Å². The van der Waals surface area contributed by atoms with E-state index < -0.39 is 0 Å². The minimum Gasteiger partial charge on any atom is -0.337 e. The van der Waals surface area contributed by atoms with E-state index in [4.69, 9.17) is 9.98 Å². The molecule has 0 saturated heterocycles. The fraction of sp³-hybridized carbons (Fsp3) is 0.238. The average Bonchev–Trinajstić information content (AvgIpc) is 3.98. The van der Waals surface area contributed by atoms with E-state index in [1.807, 2.05) is 0 Å². The number of allylic oxidation sites excluding steroid dienone is 12. The number of aliphatic imine (C=N–C) groups is 2. The van der Waals surface area contributed by atoms with Gasteiger partial charge in [0, 0.05) is 44.5 Å². The molecule has 0 bridgehead atoms. The molecule has 334 valence electrons. The van der Waals surface area contributed by atoms with E-state index in [1.54, 1.807) is 11.3 Å². The second-order valence-electron chi connectivity index (χ2n) is 19.5. The third-order valence-electron chi connectivity index (χ3n) is 15.6. The summed E-state index contributed by atoms with van der Waals surface area (Å²) in [6.07, 6.45) is 35.0. The molecule has 13 rings (SSSR count). The summed E-state index contributed by atoms with van der Waals surface area (Å²) in [5, 5.41) is 5.91. The van der Waals surface area contributed by atoms with E-state index >= 15 is 0 Å². The van der Waals surface area contributed by atoms with Gasteiger partial charge >= 0.3 is 0 Å². The highest BCUT2D eigenvalue weighted by Crippen LogP contribution is 2.59. The molecule has 5 heteroatoms. The van der Waals surface area contributed by atoms with Gasteiger partial charge in [0.2, 0.25) is 0 Å². The van der Waals surface area contributed by atoms with E-state index in [1.165, 1.54) is 91.6 Å².